The predicted octanol–water partition coefficient (Wildman–Crippen LogP) is 3.40. The van der Waals surface area contributed by atoms with Crippen molar-refractivity contribution >= 4 is 16.8 Å². The number of aromatic amines is 1. The molecule has 4 aromatic rings. The van der Waals surface area contributed by atoms with Gasteiger partial charge in [-0.15, -0.1) is 5.10 Å². The van der Waals surface area contributed by atoms with Crippen LogP contribution in [0.15, 0.2) is 42.5 Å². The topological polar surface area (TPSA) is 88.5 Å². The summed E-state index contributed by atoms with van der Waals surface area (Å²) in [5.41, 5.74) is 4.33. The molecule has 0 radical (unpaired) electrons. The zero-order valence-electron chi connectivity index (χ0n) is 15.8. The Morgan fingerprint density at radius 3 is 2.83 bits per heavy atom. The van der Waals surface area contributed by atoms with Gasteiger partial charge in [0.1, 0.15) is 5.82 Å². The number of aryl methyl sites for hydroxylation is 2. The van der Waals surface area contributed by atoms with Gasteiger partial charge < -0.3 is 10.3 Å². The van der Waals surface area contributed by atoms with Gasteiger partial charge >= 0.3 is 0 Å². The maximum absolute atomic E-state index is 13.7. The molecule has 0 saturated heterocycles. The number of nitrogens with zero attached hydrogens (tertiary/aromatic N) is 4. The number of halogens is 1. The fourth-order valence-corrected chi connectivity index (χ4v) is 4.05. The van der Waals surface area contributed by atoms with E-state index in [4.69, 9.17) is 0 Å². The number of carbonyl (C=O) groups excluding carboxylic acids is 1. The lowest BCUT2D eigenvalue weighted by molar-refractivity contribution is 0.0932. The van der Waals surface area contributed by atoms with E-state index in [1.165, 1.54) is 6.07 Å². The number of hydrogen-bond acceptors (Lipinski definition) is 4. The highest BCUT2D eigenvalue weighted by Crippen LogP contribution is 2.35. The second kappa shape index (κ2) is 6.80. The molecular weight excluding hydrogens is 371 g/mol. The third-order valence-corrected chi connectivity index (χ3v) is 5.47. The van der Waals surface area contributed by atoms with E-state index < -0.39 is 0 Å². The monoisotopic (exact) mass is 390 g/mol. The molecule has 0 saturated carbocycles. The molecule has 0 spiro atoms. The molecule has 1 unspecified atom stereocenters. The van der Waals surface area contributed by atoms with Gasteiger partial charge in [-0.05, 0) is 84.6 Å². The molecule has 1 aliphatic rings. The van der Waals surface area contributed by atoms with Gasteiger partial charge in [0, 0.05) is 22.2 Å². The summed E-state index contributed by atoms with van der Waals surface area (Å²) in [5.74, 6) is 0.281. The molecule has 2 N–H and O–H groups in total. The van der Waals surface area contributed by atoms with E-state index in [-0.39, 0.29) is 17.8 Å². The summed E-state index contributed by atoms with van der Waals surface area (Å²) < 4.78 is 15.3. The number of tetrazole rings is 1. The minimum absolute atomic E-state index is 0.122. The summed E-state index contributed by atoms with van der Waals surface area (Å²) >= 11 is 0. The minimum atomic E-state index is -0.247. The maximum Gasteiger partial charge on any atom is 0.251 e. The number of nitrogens with one attached hydrogen (secondary N) is 2. The Labute approximate surface area is 165 Å². The Balaban J connectivity index is 1.39. The lowest BCUT2D eigenvalue weighted by Gasteiger charge is -2.24. The van der Waals surface area contributed by atoms with E-state index in [9.17, 15) is 9.18 Å². The van der Waals surface area contributed by atoms with Crippen molar-refractivity contribution in [1.29, 1.82) is 0 Å². The van der Waals surface area contributed by atoms with Crippen LogP contribution in [-0.2, 0) is 6.42 Å². The molecule has 1 amide bonds. The summed E-state index contributed by atoms with van der Waals surface area (Å²) in [6.45, 7) is 1.81. The maximum atomic E-state index is 13.7. The third-order valence-electron chi connectivity index (χ3n) is 5.47. The highest BCUT2D eigenvalue weighted by atomic mass is 19.1. The van der Waals surface area contributed by atoms with Crippen LogP contribution < -0.4 is 5.32 Å². The number of rotatable bonds is 3. The highest BCUT2D eigenvalue weighted by molar-refractivity contribution is 5.95. The van der Waals surface area contributed by atoms with E-state index in [0.717, 1.165) is 47.1 Å². The van der Waals surface area contributed by atoms with Crippen molar-refractivity contribution < 1.29 is 9.18 Å². The number of aromatic nitrogens is 5. The van der Waals surface area contributed by atoms with Crippen molar-refractivity contribution in [3.8, 4) is 5.69 Å². The van der Waals surface area contributed by atoms with Crippen molar-refractivity contribution in [2.75, 3.05) is 0 Å². The van der Waals surface area contributed by atoms with E-state index >= 15 is 0 Å². The average Bonchev–Trinajstić information content (AvgIpc) is 3.32. The number of fused-ring (bicyclic) bond motifs is 3. The lowest BCUT2D eigenvalue weighted by Crippen LogP contribution is -2.31. The summed E-state index contributed by atoms with van der Waals surface area (Å²) in [6.07, 6.45) is 2.67. The van der Waals surface area contributed by atoms with Gasteiger partial charge in [0.15, 0.2) is 5.82 Å². The van der Waals surface area contributed by atoms with Crippen LogP contribution >= 0.6 is 0 Å². The molecule has 2 heterocycles. The van der Waals surface area contributed by atoms with Crippen LogP contribution in [0, 0.1) is 12.7 Å². The second-order valence-corrected chi connectivity index (χ2v) is 7.31. The first-order valence-corrected chi connectivity index (χ1v) is 9.56. The van der Waals surface area contributed by atoms with Crippen molar-refractivity contribution in [2.24, 2.45) is 0 Å². The summed E-state index contributed by atoms with van der Waals surface area (Å²) in [5, 5.41) is 15.5. The van der Waals surface area contributed by atoms with E-state index in [0.29, 0.717) is 11.4 Å². The smallest absolute Gasteiger partial charge is 0.251 e. The molecule has 0 fully saturated rings. The zero-order valence-corrected chi connectivity index (χ0v) is 15.8. The Morgan fingerprint density at radius 1 is 1.24 bits per heavy atom. The van der Waals surface area contributed by atoms with Gasteiger partial charge in [0.05, 0.1) is 11.7 Å². The SMILES string of the molecule is Cc1nnnn1-c1ccc(C(=O)NC2CCCc3c2[nH]c2ccc(F)cc32)cc1. The summed E-state index contributed by atoms with van der Waals surface area (Å²) in [7, 11) is 0. The molecule has 8 heteroatoms. The molecule has 1 aliphatic carbocycles. The molecule has 2 aromatic carbocycles. The number of H-pyrrole nitrogens is 1. The van der Waals surface area contributed by atoms with Gasteiger partial charge in [-0.2, -0.15) is 4.68 Å². The number of amides is 1. The van der Waals surface area contributed by atoms with Gasteiger partial charge in [0.2, 0.25) is 0 Å². The first-order valence-electron chi connectivity index (χ1n) is 9.56. The van der Waals surface area contributed by atoms with E-state index in [1.807, 2.05) is 19.1 Å². The Bertz CT molecular complexity index is 1210. The zero-order chi connectivity index (χ0) is 20.0. The molecule has 5 rings (SSSR count). The average molecular weight is 390 g/mol. The quantitative estimate of drug-likeness (QED) is 0.561. The van der Waals surface area contributed by atoms with Crippen molar-refractivity contribution in [3.63, 3.8) is 0 Å². The predicted molar refractivity (Wildman–Crippen MR) is 105 cm³/mol. The van der Waals surface area contributed by atoms with Gasteiger partial charge in [-0.1, -0.05) is 0 Å². The first-order chi connectivity index (χ1) is 14.1. The number of carbonyl (C=O) groups is 1. The largest absolute Gasteiger partial charge is 0.356 e. The summed E-state index contributed by atoms with van der Waals surface area (Å²) in [6, 6.07) is 11.8. The highest BCUT2D eigenvalue weighted by Gasteiger charge is 2.26. The van der Waals surface area contributed by atoms with Gasteiger partial charge in [0.25, 0.3) is 5.91 Å². The fourth-order valence-electron chi connectivity index (χ4n) is 4.05. The van der Waals surface area contributed by atoms with E-state index in [1.54, 1.807) is 28.9 Å². The Hall–Kier alpha value is -3.55. The minimum Gasteiger partial charge on any atom is -0.356 e. The Kier molecular flexibility index (Phi) is 4.12. The van der Waals surface area contributed by atoms with Crippen LogP contribution in [0.5, 0.6) is 0 Å². The van der Waals surface area contributed by atoms with Crippen molar-refractivity contribution in [3.05, 3.63) is 70.9 Å². The second-order valence-electron chi connectivity index (χ2n) is 7.31. The molecule has 1 atom stereocenters. The lowest BCUT2D eigenvalue weighted by atomic mass is 9.91. The van der Waals surface area contributed by atoms with Crippen LogP contribution in [-0.4, -0.2) is 31.1 Å². The van der Waals surface area contributed by atoms with E-state index in [2.05, 4.69) is 25.8 Å². The normalized spacial score (nSPS) is 16.0. The number of hydrogen-bond donors (Lipinski definition) is 2. The fraction of sp³-hybridized carbons (Fsp3) is 0.238. The summed E-state index contributed by atoms with van der Waals surface area (Å²) in [4.78, 5) is 16.2. The molecule has 146 valence electrons. The van der Waals surface area contributed by atoms with Crippen LogP contribution in [0.2, 0.25) is 0 Å². The standard InChI is InChI=1S/C21H19FN6O/c1-12-25-26-27-28(12)15-8-5-13(6-9-15)21(29)24-19-4-2-3-16-17-11-14(22)7-10-18(17)23-20(16)19/h5-11,19,23H,2-4H2,1H3,(H,24,29). The third kappa shape index (κ3) is 3.06. The van der Waals surface area contributed by atoms with Gasteiger partial charge in [-0.25, -0.2) is 4.39 Å². The number of benzene rings is 2. The molecule has 7 nitrogen and oxygen atoms in total. The molecular formula is C21H19FN6O. The van der Waals surface area contributed by atoms with Crippen molar-refractivity contribution in [1.82, 2.24) is 30.5 Å². The van der Waals surface area contributed by atoms with Crippen LogP contribution in [0.4, 0.5) is 4.39 Å². The molecule has 0 bridgehead atoms. The van der Waals surface area contributed by atoms with Crippen LogP contribution in [0.1, 0.15) is 46.3 Å². The van der Waals surface area contributed by atoms with Crippen molar-refractivity contribution in [2.45, 2.75) is 32.2 Å². The first kappa shape index (κ1) is 17.5. The Morgan fingerprint density at radius 2 is 2.07 bits per heavy atom. The molecule has 0 aliphatic heterocycles. The molecule has 29 heavy (non-hydrogen) atoms. The molecule has 2 aromatic heterocycles. The van der Waals surface area contributed by atoms with Crippen LogP contribution in [0.3, 0.4) is 0 Å². The van der Waals surface area contributed by atoms with Crippen LogP contribution in [0.25, 0.3) is 16.6 Å². The van der Waals surface area contributed by atoms with Gasteiger partial charge in [-0.3, -0.25) is 4.79 Å².